The Balaban J connectivity index is 2.21. The van der Waals surface area contributed by atoms with Crippen LogP contribution in [0.15, 0.2) is 54.1 Å². The highest BCUT2D eigenvalue weighted by Crippen LogP contribution is 2.40. The molecule has 1 saturated heterocycles. The smallest absolute Gasteiger partial charge is 0.295 e. The first kappa shape index (κ1) is 18.1. The maximum atomic E-state index is 14.4. The van der Waals surface area contributed by atoms with E-state index in [0.717, 1.165) is 0 Å². The van der Waals surface area contributed by atoms with Crippen molar-refractivity contribution in [2.24, 2.45) is 0 Å². The SMILES string of the molecule is CCCN1C(=O)C(=O)/C(=C(\O)c2ccc(Cl)cc2)C1c1ccccc1F. The lowest BCUT2D eigenvalue weighted by atomic mass is 9.95. The minimum Gasteiger partial charge on any atom is -0.507 e. The molecule has 1 unspecified atom stereocenters. The Labute approximate surface area is 155 Å². The van der Waals surface area contributed by atoms with Gasteiger partial charge in [0.1, 0.15) is 11.6 Å². The number of hydrogen-bond donors (Lipinski definition) is 1. The average molecular weight is 374 g/mol. The normalized spacial score (nSPS) is 19.2. The van der Waals surface area contributed by atoms with Crippen LogP contribution in [0, 0.1) is 5.82 Å². The lowest BCUT2D eigenvalue weighted by Crippen LogP contribution is -2.30. The summed E-state index contributed by atoms with van der Waals surface area (Å²) in [6.45, 7) is 2.14. The van der Waals surface area contributed by atoms with Crippen molar-refractivity contribution in [1.29, 1.82) is 0 Å². The summed E-state index contributed by atoms with van der Waals surface area (Å²) < 4.78 is 14.4. The van der Waals surface area contributed by atoms with E-state index in [1.807, 2.05) is 6.92 Å². The summed E-state index contributed by atoms with van der Waals surface area (Å²) in [7, 11) is 0. The quantitative estimate of drug-likeness (QED) is 0.493. The van der Waals surface area contributed by atoms with Crippen LogP contribution in [0.3, 0.4) is 0 Å². The van der Waals surface area contributed by atoms with E-state index in [9.17, 15) is 19.1 Å². The molecule has 4 nitrogen and oxygen atoms in total. The number of halogens is 2. The fourth-order valence-corrected chi connectivity index (χ4v) is 3.26. The van der Waals surface area contributed by atoms with Crippen molar-refractivity contribution in [2.45, 2.75) is 19.4 Å². The predicted octanol–water partition coefficient (Wildman–Crippen LogP) is 4.31. The lowest BCUT2D eigenvalue weighted by molar-refractivity contribution is -0.139. The van der Waals surface area contributed by atoms with E-state index in [-0.39, 0.29) is 23.4 Å². The molecule has 1 atom stereocenters. The molecule has 1 N–H and O–H groups in total. The highest BCUT2D eigenvalue weighted by molar-refractivity contribution is 6.46. The van der Waals surface area contributed by atoms with Gasteiger partial charge in [-0.25, -0.2) is 4.39 Å². The number of Topliss-reactive ketones (excluding diaryl/α,β-unsaturated/α-hetero) is 1. The number of benzene rings is 2. The van der Waals surface area contributed by atoms with Gasteiger partial charge in [-0.15, -0.1) is 0 Å². The zero-order valence-electron chi connectivity index (χ0n) is 14.1. The van der Waals surface area contributed by atoms with Gasteiger partial charge in [-0.3, -0.25) is 9.59 Å². The summed E-state index contributed by atoms with van der Waals surface area (Å²) >= 11 is 5.86. The van der Waals surface area contributed by atoms with Crippen molar-refractivity contribution in [1.82, 2.24) is 4.90 Å². The summed E-state index contributed by atoms with van der Waals surface area (Å²) in [4.78, 5) is 26.4. The Morgan fingerprint density at radius 1 is 1.15 bits per heavy atom. The second-order valence-corrected chi connectivity index (χ2v) is 6.46. The molecule has 1 aliphatic rings. The van der Waals surface area contributed by atoms with Crippen molar-refractivity contribution >= 4 is 29.1 Å². The van der Waals surface area contributed by atoms with Crippen LogP contribution in [-0.2, 0) is 9.59 Å². The molecule has 3 rings (SSSR count). The molecular formula is C20H17ClFNO3. The van der Waals surface area contributed by atoms with Crippen molar-refractivity contribution in [3.05, 3.63) is 76.1 Å². The summed E-state index contributed by atoms with van der Waals surface area (Å²) in [5, 5.41) is 11.2. The maximum absolute atomic E-state index is 14.4. The van der Waals surface area contributed by atoms with Crippen LogP contribution in [0.5, 0.6) is 0 Å². The van der Waals surface area contributed by atoms with Gasteiger partial charge < -0.3 is 10.0 Å². The van der Waals surface area contributed by atoms with Gasteiger partial charge in [-0.05, 0) is 36.8 Å². The number of carbonyl (C=O) groups is 2. The van der Waals surface area contributed by atoms with E-state index < -0.39 is 23.5 Å². The average Bonchev–Trinajstić information content (AvgIpc) is 2.87. The fraction of sp³-hybridized carbons (Fsp3) is 0.200. The molecule has 1 amide bonds. The summed E-state index contributed by atoms with van der Waals surface area (Å²) in [5.41, 5.74) is 0.400. The zero-order valence-corrected chi connectivity index (χ0v) is 14.8. The predicted molar refractivity (Wildman–Crippen MR) is 97.2 cm³/mol. The Morgan fingerprint density at radius 2 is 1.81 bits per heavy atom. The van der Waals surface area contributed by atoms with Gasteiger partial charge in [-0.1, -0.05) is 36.7 Å². The van der Waals surface area contributed by atoms with E-state index in [1.54, 1.807) is 30.3 Å². The fourth-order valence-electron chi connectivity index (χ4n) is 3.13. The molecule has 0 spiro atoms. The first-order valence-electron chi connectivity index (χ1n) is 8.24. The second-order valence-electron chi connectivity index (χ2n) is 6.02. The third-order valence-corrected chi connectivity index (χ3v) is 4.57. The number of amides is 1. The third kappa shape index (κ3) is 3.10. The number of likely N-dealkylation sites (tertiary alicyclic amines) is 1. The minimum absolute atomic E-state index is 0.115. The number of nitrogens with zero attached hydrogens (tertiary/aromatic N) is 1. The second kappa shape index (κ2) is 7.30. The largest absolute Gasteiger partial charge is 0.507 e. The molecule has 1 fully saturated rings. The van der Waals surface area contributed by atoms with E-state index in [0.29, 0.717) is 17.0 Å². The summed E-state index contributed by atoms with van der Waals surface area (Å²) in [6, 6.07) is 11.2. The lowest BCUT2D eigenvalue weighted by Gasteiger charge is -2.25. The Hall–Kier alpha value is -2.66. The van der Waals surface area contributed by atoms with Gasteiger partial charge in [0.15, 0.2) is 0 Å². The molecule has 1 aliphatic heterocycles. The van der Waals surface area contributed by atoms with Gasteiger partial charge in [0, 0.05) is 22.7 Å². The molecule has 1 heterocycles. The van der Waals surface area contributed by atoms with Gasteiger partial charge in [0.2, 0.25) is 0 Å². The Bertz CT molecular complexity index is 892. The molecule has 0 radical (unpaired) electrons. The van der Waals surface area contributed by atoms with E-state index in [4.69, 9.17) is 11.6 Å². The number of hydrogen-bond acceptors (Lipinski definition) is 3. The number of ketones is 1. The molecule has 134 valence electrons. The standard InChI is InChI=1S/C20H17ClFNO3/c1-2-11-23-17(14-5-3-4-6-15(14)22)16(19(25)20(23)26)18(24)12-7-9-13(21)10-8-12/h3-10,17,24H,2,11H2,1H3/b18-16-. The first-order valence-corrected chi connectivity index (χ1v) is 8.62. The highest BCUT2D eigenvalue weighted by Gasteiger charge is 2.46. The van der Waals surface area contributed by atoms with Crippen LogP contribution in [-0.4, -0.2) is 28.2 Å². The maximum Gasteiger partial charge on any atom is 0.295 e. The van der Waals surface area contributed by atoms with Crippen LogP contribution in [0.2, 0.25) is 5.02 Å². The molecule has 26 heavy (non-hydrogen) atoms. The van der Waals surface area contributed by atoms with Crippen LogP contribution in [0.1, 0.15) is 30.5 Å². The van der Waals surface area contributed by atoms with Gasteiger partial charge in [-0.2, -0.15) is 0 Å². The van der Waals surface area contributed by atoms with Crippen LogP contribution < -0.4 is 0 Å². The number of carbonyl (C=O) groups excluding carboxylic acids is 2. The van der Waals surface area contributed by atoms with Gasteiger partial charge in [0.05, 0.1) is 11.6 Å². The molecule has 0 aliphatic carbocycles. The number of rotatable bonds is 4. The van der Waals surface area contributed by atoms with Gasteiger partial charge >= 0.3 is 0 Å². The molecule has 6 heteroatoms. The molecule has 0 saturated carbocycles. The van der Waals surface area contributed by atoms with Crippen molar-refractivity contribution in [3.63, 3.8) is 0 Å². The van der Waals surface area contributed by atoms with E-state index >= 15 is 0 Å². The van der Waals surface area contributed by atoms with E-state index in [1.165, 1.54) is 23.1 Å². The zero-order chi connectivity index (χ0) is 18.8. The van der Waals surface area contributed by atoms with Gasteiger partial charge in [0.25, 0.3) is 11.7 Å². The monoisotopic (exact) mass is 373 g/mol. The topological polar surface area (TPSA) is 57.6 Å². The minimum atomic E-state index is -0.966. The van der Waals surface area contributed by atoms with Crippen molar-refractivity contribution < 1.29 is 19.1 Å². The van der Waals surface area contributed by atoms with Crippen LogP contribution in [0.25, 0.3) is 5.76 Å². The first-order chi connectivity index (χ1) is 12.5. The molecule has 2 aromatic carbocycles. The van der Waals surface area contributed by atoms with Crippen molar-refractivity contribution in [3.8, 4) is 0 Å². The molecule has 2 aromatic rings. The van der Waals surface area contributed by atoms with Crippen molar-refractivity contribution in [2.75, 3.05) is 6.54 Å². The summed E-state index contributed by atoms with van der Waals surface area (Å²) in [5.74, 6) is -2.44. The highest BCUT2D eigenvalue weighted by atomic mass is 35.5. The Kier molecular flexibility index (Phi) is 5.09. The molecular weight excluding hydrogens is 357 g/mol. The molecule has 0 aromatic heterocycles. The summed E-state index contributed by atoms with van der Waals surface area (Å²) in [6.07, 6.45) is 0.596. The molecule has 0 bridgehead atoms. The van der Waals surface area contributed by atoms with Crippen LogP contribution >= 0.6 is 11.6 Å². The number of aliphatic hydroxyl groups excluding tert-OH is 1. The number of aliphatic hydroxyl groups is 1. The van der Waals surface area contributed by atoms with Crippen LogP contribution in [0.4, 0.5) is 4.39 Å². The van der Waals surface area contributed by atoms with E-state index in [2.05, 4.69) is 0 Å². The third-order valence-electron chi connectivity index (χ3n) is 4.32. The Morgan fingerprint density at radius 3 is 2.42 bits per heavy atom.